The predicted octanol–water partition coefficient (Wildman–Crippen LogP) is 4.31. The molecule has 0 saturated heterocycles. The van der Waals surface area contributed by atoms with Crippen LogP contribution in [0.25, 0.3) is 5.69 Å². The minimum Gasteiger partial charge on any atom is -0.465 e. The fourth-order valence-corrected chi connectivity index (χ4v) is 3.14. The second kappa shape index (κ2) is 6.75. The van der Waals surface area contributed by atoms with E-state index in [1.807, 2.05) is 0 Å². The molecule has 2 aromatic heterocycles. The van der Waals surface area contributed by atoms with Crippen molar-refractivity contribution < 1.29 is 14.1 Å². The number of furan rings is 1. The highest BCUT2D eigenvalue weighted by Crippen LogP contribution is 2.28. The summed E-state index contributed by atoms with van der Waals surface area (Å²) in [5, 5.41) is 18.0. The molecule has 0 saturated carbocycles. The van der Waals surface area contributed by atoms with E-state index in [2.05, 4.69) is 26.3 Å². The van der Waals surface area contributed by atoms with Gasteiger partial charge in [-0.25, -0.2) is 4.68 Å². The highest BCUT2D eigenvalue weighted by Gasteiger charge is 2.21. The van der Waals surface area contributed by atoms with E-state index in [4.69, 9.17) is 4.42 Å². The molecule has 0 radical (unpaired) electrons. The molecule has 0 aliphatic carbocycles. The van der Waals surface area contributed by atoms with Crippen LogP contribution in [0.15, 0.2) is 39.2 Å². The molecular weight excluding hydrogens is 404 g/mol. The topological polar surface area (TPSA) is 103 Å². The second-order valence-electron chi connectivity index (χ2n) is 5.71. The smallest absolute Gasteiger partial charge is 0.269 e. The number of nitro benzene ring substituents is 1. The molecule has 0 atom stereocenters. The van der Waals surface area contributed by atoms with Gasteiger partial charge in [0.05, 0.1) is 26.3 Å². The van der Waals surface area contributed by atoms with Gasteiger partial charge in [0.25, 0.3) is 11.6 Å². The SMILES string of the molecule is Cc1cc(NC(=O)c2c(C)oc(C)c2Br)n(-c2ccc([N+](=O)[O-])cc2)n1. The van der Waals surface area contributed by atoms with Crippen LogP contribution in [0, 0.1) is 30.9 Å². The van der Waals surface area contributed by atoms with Gasteiger partial charge in [-0.1, -0.05) is 0 Å². The monoisotopic (exact) mass is 418 g/mol. The van der Waals surface area contributed by atoms with Crippen LogP contribution in [0.3, 0.4) is 0 Å². The van der Waals surface area contributed by atoms with Gasteiger partial charge in [-0.05, 0) is 48.8 Å². The zero-order valence-corrected chi connectivity index (χ0v) is 15.8. The summed E-state index contributed by atoms with van der Waals surface area (Å²) < 4.78 is 7.59. The zero-order chi connectivity index (χ0) is 19.0. The number of carbonyl (C=O) groups is 1. The van der Waals surface area contributed by atoms with Gasteiger partial charge in [-0.3, -0.25) is 14.9 Å². The number of amides is 1. The molecule has 1 aromatic carbocycles. The minimum absolute atomic E-state index is 0.0170. The van der Waals surface area contributed by atoms with Crippen molar-refractivity contribution in [3.05, 3.63) is 67.7 Å². The van der Waals surface area contributed by atoms with Crippen molar-refractivity contribution in [2.45, 2.75) is 20.8 Å². The maximum Gasteiger partial charge on any atom is 0.269 e. The third kappa shape index (κ3) is 3.25. The lowest BCUT2D eigenvalue weighted by molar-refractivity contribution is -0.384. The Morgan fingerprint density at radius 1 is 1.23 bits per heavy atom. The Kier molecular flexibility index (Phi) is 4.64. The average Bonchev–Trinajstić information content (AvgIpc) is 3.06. The van der Waals surface area contributed by atoms with Crippen molar-refractivity contribution in [3.63, 3.8) is 0 Å². The van der Waals surface area contributed by atoms with Crippen LogP contribution in [0.2, 0.25) is 0 Å². The summed E-state index contributed by atoms with van der Waals surface area (Å²) in [7, 11) is 0. The molecule has 2 heterocycles. The van der Waals surface area contributed by atoms with Crippen LogP contribution in [-0.4, -0.2) is 20.6 Å². The first-order chi connectivity index (χ1) is 12.3. The molecule has 0 aliphatic heterocycles. The molecule has 3 aromatic rings. The van der Waals surface area contributed by atoms with Gasteiger partial charge in [0.15, 0.2) is 0 Å². The number of nitro groups is 1. The number of hydrogen-bond donors (Lipinski definition) is 1. The third-order valence-corrected chi connectivity index (χ3v) is 4.75. The number of aromatic nitrogens is 2. The first-order valence-corrected chi connectivity index (χ1v) is 8.45. The van der Waals surface area contributed by atoms with Crippen molar-refractivity contribution in [2.24, 2.45) is 0 Å². The van der Waals surface area contributed by atoms with Crippen molar-refractivity contribution in [2.75, 3.05) is 5.32 Å². The molecule has 0 fully saturated rings. The number of anilines is 1. The number of halogens is 1. The van der Waals surface area contributed by atoms with Gasteiger partial charge in [0.1, 0.15) is 17.3 Å². The standard InChI is InChI=1S/C17H15BrN4O4/c1-9-8-14(19-17(23)15-10(2)26-11(3)16(15)18)21(20-9)12-4-6-13(7-5-12)22(24)25/h4-8H,1-3H3,(H,19,23). The minimum atomic E-state index is -0.470. The Balaban J connectivity index is 1.94. The predicted molar refractivity (Wildman–Crippen MR) is 98.8 cm³/mol. The van der Waals surface area contributed by atoms with Crippen LogP contribution in [-0.2, 0) is 0 Å². The molecule has 0 unspecified atom stereocenters. The number of hydrogen-bond acceptors (Lipinski definition) is 5. The van der Waals surface area contributed by atoms with E-state index in [1.165, 1.54) is 16.8 Å². The quantitative estimate of drug-likeness (QED) is 0.501. The summed E-state index contributed by atoms with van der Waals surface area (Å²) in [5.41, 5.74) is 1.68. The summed E-state index contributed by atoms with van der Waals surface area (Å²) in [4.78, 5) is 23.0. The van der Waals surface area contributed by atoms with Crippen LogP contribution in [0.4, 0.5) is 11.5 Å². The van der Waals surface area contributed by atoms with Gasteiger partial charge in [0.2, 0.25) is 0 Å². The van der Waals surface area contributed by atoms with Crippen molar-refractivity contribution in [1.29, 1.82) is 0 Å². The summed E-state index contributed by atoms with van der Waals surface area (Å²) in [6.45, 7) is 5.27. The zero-order valence-electron chi connectivity index (χ0n) is 14.2. The maximum atomic E-state index is 12.7. The molecule has 0 bridgehead atoms. The summed E-state index contributed by atoms with van der Waals surface area (Å²) >= 11 is 3.36. The van der Waals surface area contributed by atoms with Crippen LogP contribution in [0.5, 0.6) is 0 Å². The van der Waals surface area contributed by atoms with Crippen molar-refractivity contribution in [1.82, 2.24) is 9.78 Å². The Morgan fingerprint density at radius 2 is 1.88 bits per heavy atom. The number of aryl methyl sites for hydroxylation is 3. The number of rotatable bonds is 4. The van der Waals surface area contributed by atoms with E-state index < -0.39 is 4.92 Å². The van der Waals surface area contributed by atoms with E-state index in [0.29, 0.717) is 38.8 Å². The lowest BCUT2D eigenvalue weighted by Crippen LogP contribution is -2.16. The molecule has 0 spiro atoms. The molecule has 134 valence electrons. The fourth-order valence-electron chi connectivity index (χ4n) is 2.60. The van der Waals surface area contributed by atoms with Crippen molar-refractivity contribution >= 4 is 33.3 Å². The Morgan fingerprint density at radius 3 is 2.42 bits per heavy atom. The van der Waals surface area contributed by atoms with E-state index in [-0.39, 0.29) is 11.6 Å². The lowest BCUT2D eigenvalue weighted by Gasteiger charge is -2.09. The number of nitrogens with zero attached hydrogens (tertiary/aromatic N) is 3. The maximum absolute atomic E-state index is 12.7. The van der Waals surface area contributed by atoms with Crippen molar-refractivity contribution in [3.8, 4) is 5.69 Å². The largest absolute Gasteiger partial charge is 0.465 e. The Labute approximate surface area is 157 Å². The lowest BCUT2D eigenvalue weighted by atomic mass is 10.2. The van der Waals surface area contributed by atoms with Crippen LogP contribution >= 0.6 is 15.9 Å². The molecule has 3 rings (SSSR count). The molecule has 26 heavy (non-hydrogen) atoms. The van der Waals surface area contributed by atoms with E-state index in [9.17, 15) is 14.9 Å². The summed E-state index contributed by atoms with van der Waals surface area (Å²) in [5.74, 6) is 1.23. The molecular formula is C17H15BrN4O4. The first kappa shape index (κ1) is 17.9. The number of benzene rings is 1. The van der Waals surface area contributed by atoms with Gasteiger partial charge >= 0.3 is 0 Å². The summed E-state index contributed by atoms with van der Waals surface area (Å²) in [6, 6.07) is 7.64. The third-order valence-electron chi connectivity index (χ3n) is 3.79. The molecule has 9 heteroatoms. The van der Waals surface area contributed by atoms with Gasteiger partial charge in [-0.15, -0.1) is 0 Å². The van der Waals surface area contributed by atoms with E-state index in [1.54, 1.807) is 39.0 Å². The highest BCUT2D eigenvalue weighted by molar-refractivity contribution is 9.10. The molecule has 1 amide bonds. The Bertz CT molecular complexity index is 1000. The number of non-ortho nitro benzene ring substituents is 1. The Hall–Kier alpha value is -2.94. The van der Waals surface area contributed by atoms with Gasteiger partial charge < -0.3 is 9.73 Å². The van der Waals surface area contributed by atoms with Crippen LogP contribution < -0.4 is 5.32 Å². The second-order valence-corrected chi connectivity index (χ2v) is 6.51. The molecule has 1 N–H and O–H groups in total. The summed E-state index contributed by atoms with van der Waals surface area (Å²) in [6.07, 6.45) is 0. The molecule has 0 aliphatic rings. The normalized spacial score (nSPS) is 10.8. The number of carbonyl (C=O) groups excluding carboxylic acids is 1. The average molecular weight is 419 g/mol. The van der Waals surface area contributed by atoms with Gasteiger partial charge in [0, 0.05) is 18.2 Å². The van der Waals surface area contributed by atoms with Gasteiger partial charge in [-0.2, -0.15) is 5.10 Å². The van der Waals surface area contributed by atoms with Crippen LogP contribution in [0.1, 0.15) is 27.6 Å². The fraction of sp³-hybridized carbons (Fsp3) is 0.176. The van der Waals surface area contributed by atoms with E-state index in [0.717, 1.165) is 0 Å². The number of nitrogens with one attached hydrogen (secondary N) is 1. The molecule has 8 nitrogen and oxygen atoms in total. The highest BCUT2D eigenvalue weighted by atomic mass is 79.9. The van der Waals surface area contributed by atoms with E-state index >= 15 is 0 Å². The first-order valence-electron chi connectivity index (χ1n) is 7.66.